The molecule has 3 amide bonds. The topological polar surface area (TPSA) is 237 Å². The minimum Gasteiger partial charge on any atom is -0.481 e. The van der Waals surface area contributed by atoms with Crippen LogP contribution in [-0.2, 0) is 30.4 Å². The van der Waals surface area contributed by atoms with Gasteiger partial charge in [-0.2, -0.15) is 0 Å². The Labute approximate surface area is 183 Å². The number of nitrogens with zero attached hydrogens (tertiary/aromatic N) is 1. The van der Waals surface area contributed by atoms with Crippen molar-refractivity contribution < 1.29 is 39.3 Å². The number of nitrogens with two attached hydrogens (primary N) is 1. The van der Waals surface area contributed by atoms with E-state index in [1.165, 1.54) is 26.4 Å². The van der Waals surface area contributed by atoms with Gasteiger partial charge >= 0.3 is 11.9 Å². The summed E-state index contributed by atoms with van der Waals surface area (Å²) in [7, 11) is 0. The molecule has 0 fully saturated rings. The molecule has 178 valence electrons. The Morgan fingerprint density at radius 2 is 1.72 bits per heavy atom. The molecule has 0 saturated heterocycles. The van der Waals surface area contributed by atoms with Gasteiger partial charge in [0.25, 0.3) is 0 Å². The molecule has 0 aliphatic heterocycles. The van der Waals surface area contributed by atoms with Gasteiger partial charge in [0.05, 0.1) is 18.5 Å². The first kappa shape index (κ1) is 26.5. The molecule has 14 heteroatoms. The molecule has 0 bridgehead atoms. The molecule has 0 aliphatic carbocycles. The van der Waals surface area contributed by atoms with E-state index in [0.29, 0.717) is 5.69 Å². The Kier molecular flexibility index (Phi) is 10.2. The number of carbonyl (C=O) groups is 5. The van der Waals surface area contributed by atoms with E-state index < -0.39 is 66.4 Å². The van der Waals surface area contributed by atoms with E-state index in [-0.39, 0.29) is 12.8 Å². The molecule has 0 aliphatic rings. The average molecular weight is 456 g/mol. The van der Waals surface area contributed by atoms with Crippen molar-refractivity contribution in [2.75, 3.05) is 0 Å². The monoisotopic (exact) mass is 456 g/mol. The van der Waals surface area contributed by atoms with Gasteiger partial charge in [0.1, 0.15) is 18.1 Å². The van der Waals surface area contributed by atoms with Crippen LogP contribution in [0.2, 0.25) is 0 Å². The highest BCUT2D eigenvalue weighted by molar-refractivity contribution is 5.94. The summed E-state index contributed by atoms with van der Waals surface area (Å²) in [6, 6.07) is -5.30. The van der Waals surface area contributed by atoms with Gasteiger partial charge in [0.2, 0.25) is 17.7 Å². The third-order valence-electron chi connectivity index (χ3n) is 4.40. The Morgan fingerprint density at radius 1 is 1.06 bits per heavy atom. The molecule has 0 spiro atoms. The fourth-order valence-corrected chi connectivity index (χ4v) is 2.57. The van der Waals surface area contributed by atoms with Crippen molar-refractivity contribution in [2.24, 2.45) is 5.73 Å². The van der Waals surface area contributed by atoms with E-state index in [0.717, 1.165) is 0 Å². The van der Waals surface area contributed by atoms with Crippen LogP contribution in [0.25, 0.3) is 0 Å². The van der Waals surface area contributed by atoms with Crippen LogP contribution in [0.5, 0.6) is 0 Å². The molecular formula is C18H28N6O8. The van der Waals surface area contributed by atoms with E-state index in [2.05, 4.69) is 25.9 Å². The maximum Gasteiger partial charge on any atom is 0.325 e. The predicted octanol–water partition coefficient (Wildman–Crippen LogP) is -2.92. The van der Waals surface area contributed by atoms with Gasteiger partial charge in [-0.15, -0.1) is 0 Å². The number of hydrogen-bond acceptors (Lipinski definition) is 8. The lowest BCUT2D eigenvalue weighted by Crippen LogP contribution is -2.59. The van der Waals surface area contributed by atoms with E-state index in [1.54, 1.807) is 0 Å². The summed E-state index contributed by atoms with van der Waals surface area (Å²) in [5.41, 5.74) is 6.39. The highest BCUT2D eigenvalue weighted by Gasteiger charge is 2.32. The van der Waals surface area contributed by atoms with Crippen molar-refractivity contribution in [3.05, 3.63) is 18.2 Å². The van der Waals surface area contributed by atoms with Crippen LogP contribution in [0.3, 0.4) is 0 Å². The average Bonchev–Trinajstić information content (AvgIpc) is 3.21. The fraction of sp³-hybridized carbons (Fsp3) is 0.556. The molecule has 1 aromatic rings. The number of carboxylic acids is 2. The molecule has 1 aromatic heterocycles. The molecule has 0 radical (unpaired) electrons. The number of imidazole rings is 1. The van der Waals surface area contributed by atoms with Crippen molar-refractivity contribution in [3.8, 4) is 0 Å². The minimum absolute atomic E-state index is 0.0801. The summed E-state index contributed by atoms with van der Waals surface area (Å²) in [5.74, 6) is -5.24. The standard InChI is InChI=1S/C18H28N6O8/c1-8(18(31)32)22-16(29)12(3-4-13(26)27)23-17(30)14(9(2)25)24-15(28)11(19)5-10-6-20-7-21-10/h6-9,11-12,14,25H,3-5,19H2,1-2H3,(H,20,21)(H,22,29)(H,23,30)(H,24,28)(H,26,27)(H,31,32)/t8-,9+,11-,12-,14-/m0/s1. The summed E-state index contributed by atoms with van der Waals surface area (Å²) in [6.07, 6.45) is 0.713. The quantitative estimate of drug-likeness (QED) is 0.150. The van der Waals surface area contributed by atoms with Crippen LogP contribution in [0.1, 0.15) is 32.4 Å². The van der Waals surface area contributed by atoms with Crippen molar-refractivity contribution >= 4 is 29.7 Å². The number of carbonyl (C=O) groups excluding carboxylic acids is 3. The van der Waals surface area contributed by atoms with Gasteiger partial charge in [0.15, 0.2) is 0 Å². The van der Waals surface area contributed by atoms with Gasteiger partial charge < -0.3 is 42.0 Å². The highest BCUT2D eigenvalue weighted by atomic mass is 16.4. The minimum atomic E-state index is -1.51. The number of aromatic amines is 1. The molecule has 1 rings (SSSR count). The SMILES string of the molecule is C[C@H](NC(=O)[C@H](CCC(=O)O)NC(=O)[C@@H](NC(=O)[C@@H](N)Cc1cnc[nH]1)[C@@H](C)O)C(=O)O. The Bertz CT molecular complexity index is 812. The van der Waals surface area contributed by atoms with Gasteiger partial charge in [-0.25, -0.2) is 4.98 Å². The van der Waals surface area contributed by atoms with Crippen LogP contribution in [0, 0.1) is 0 Å². The van der Waals surface area contributed by atoms with Crippen LogP contribution in [0.15, 0.2) is 12.5 Å². The normalized spacial score (nSPS) is 15.5. The highest BCUT2D eigenvalue weighted by Crippen LogP contribution is 2.04. The van der Waals surface area contributed by atoms with Crippen LogP contribution in [0.4, 0.5) is 0 Å². The summed E-state index contributed by atoms with van der Waals surface area (Å²) >= 11 is 0. The summed E-state index contributed by atoms with van der Waals surface area (Å²) in [4.78, 5) is 65.8. The number of nitrogens with one attached hydrogen (secondary N) is 4. The first-order chi connectivity index (χ1) is 14.9. The number of aromatic nitrogens is 2. The number of amides is 3. The maximum atomic E-state index is 12.7. The molecular weight excluding hydrogens is 428 g/mol. The van der Waals surface area contributed by atoms with E-state index in [9.17, 15) is 29.1 Å². The van der Waals surface area contributed by atoms with Crippen molar-refractivity contribution in [2.45, 2.75) is 63.4 Å². The second-order valence-electron chi connectivity index (χ2n) is 7.18. The van der Waals surface area contributed by atoms with Gasteiger partial charge in [0, 0.05) is 24.7 Å². The summed E-state index contributed by atoms with van der Waals surface area (Å²) in [6.45, 7) is 2.42. The zero-order chi connectivity index (χ0) is 24.4. The lowest BCUT2D eigenvalue weighted by Gasteiger charge is -2.26. The number of aliphatic hydroxyl groups excluding tert-OH is 1. The zero-order valence-corrected chi connectivity index (χ0v) is 17.6. The lowest BCUT2D eigenvalue weighted by molar-refractivity contribution is -0.142. The third kappa shape index (κ3) is 8.69. The first-order valence-corrected chi connectivity index (χ1v) is 9.69. The van der Waals surface area contributed by atoms with Gasteiger partial charge in [-0.3, -0.25) is 24.0 Å². The molecule has 0 unspecified atom stereocenters. The fourth-order valence-electron chi connectivity index (χ4n) is 2.57. The van der Waals surface area contributed by atoms with Crippen LogP contribution >= 0.6 is 0 Å². The molecule has 5 atom stereocenters. The second-order valence-corrected chi connectivity index (χ2v) is 7.18. The Balaban J connectivity index is 2.86. The van der Waals surface area contributed by atoms with Crippen molar-refractivity contribution in [1.82, 2.24) is 25.9 Å². The summed E-state index contributed by atoms with van der Waals surface area (Å²) in [5, 5.41) is 34.4. The molecule has 9 N–H and O–H groups in total. The second kappa shape index (κ2) is 12.4. The molecule has 0 aromatic carbocycles. The zero-order valence-electron chi connectivity index (χ0n) is 17.6. The molecule has 1 heterocycles. The van der Waals surface area contributed by atoms with Crippen LogP contribution in [-0.4, -0.2) is 85.2 Å². The summed E-state index contributed by atoms with van der Waals surface area (Å²) < 4.78 is 0. The Morgan fingerprint density at radius 3 is 2.22 bits per heavy atom. The largest absolute Gasteiger partial charge is 0.481 e. The van der Waals surface area contributed by atoms with E-state index in [1.807, 2.05) is 0 Å². The van der Waals surface area contributed by atoms with Crippen LogP contribution < -0.4 is 21.7 Å². The number of carboxylic acid groups (broad SMARTS) is 2. The lowest BCUT2D eigenvalue weighted by atomic mass is 10.1. The predicted molar refractivity (Wildman–Crippen MR) is 108 cm³/mol. The molecule has 0 saturated carbocycles. The number of aliphatic hydroxyl groups is 1. The number of H-pyrrole nitrogens is 1. The molecule has 32 heavy (non-hydrogen) atoms. The first-order valence-electron chi connectivity index (χ1n) is 9.69. The van der Waals surface area contributed by atoms with E-state index >= 15 is 0 Å². The van der Waals surface area contributed by atoms with E-state index in [4.69, 9.17) is 15.9 Å². The number of rotatable bonds is 13. The third-order valence-corrected chi connectivity index (χ3v) is 4.40. The Hall–Kier alpha value is -3.52. The smallest absolute Gasteiger partial charge is 0.325 e. The van der Waals surface area contributed by atoms with Gasteiger partial charge in [-0.1, -0.05) is 0 Å². The number of aliphatic carboxylic acids is 2. The van der Waals surface area contributed by atoms with Crippen molar-refractivity contribution in [3.63, 3.8) is 0 Å². The van der Waals surface area contributed by atoms with Crippen molar-refractivity contribution in [1.29, 1.82) is 0 Å². The van der Waals surface area contributed by atoms with Gasteiger partial charge in [-0.05, 0) is 20.3 Å². The number of hydrogen-bond donors (Lipinski definition) is 8. The molecule has 14 nitrogen and oxygen atoms in total. The maximum absolute atomic E-state index is 12.7.